The topological polar surface area (TPSA) is 43.1 Å². The van der Waals surface area contributed by atoms with E-state index in [0.717, 1.165) is 5.56 Å². The van der Waals surface area contributed by atoms with Crippen LogP contribution in [0.4, 0.5) is 0 Å². The monoisotopic (exact) mass is 183 g/mol. The van der Waals surface area contributed by atoms with E-state index in [1.54, 1.807) is 12.1 Å². The second-order valence-electron chi connectivity index (χ2n) is 2.57. The molecule has 0 radical (unpaired) electrons. The van der Waals surface area contributed by atoms with Crippen LogP contribution in [0.3, 0.4) is 0 Å². The van der Waals surface area contributed by atoms with Crippen molar-refractivity contribution in [2.75, 3.05) is 0 Å². The van der Waals surface area contributed by atoms with Gasteiger partial charge in [0.05, 0.1) is 5.02 Å². The largest absolute Gasteiger partial charge is 0.326 e. The normalized spacial score (nSPS) is 9.92. The number of halogens is 1. The Labute approximate surface area is 76.3 Å². The Hall–Kier alpha value is -0.860. The summed E-state index contributed by atoms with van der Waals surface area (Å²) in [6, 6.07) is 5.23. The van der Waals surface area contributed by atoms with Gasteiger partial charge in [0.25, 0.3) is 0 Å². The lowest BCUT2D eigenvalue weighted by molar-refractivity contribution is 0.101. The summed E-state index contributed by atoms with van der Waals surface area (Å²) in [5.74, 6) is -0.0245. The lowest BCUT2D eigenvalue weighted by atomic mass is 10.1. The highest BCUT2D eigenvalue weighted by Gasteiger charge is 2.04. The molecule has 0 fully saturated rings. The number of carbonyl (C=O) groups excluding carboxylic acids is 1. The molecule has 2 nitrogen and oxygen atoms in total. The molecule has 0 aliphatic heterocycles. The van der Waals surface area contributed by atoms with Crippen molar-refractivity contribution >= 4 is 17.4 Å². The Morgan fingerprint density at radius 3 is 2.67 bits per heavy atom. The minimum atomic E-state index is -0.0245. The van der Waals surface area contributed by atoms with Gasteiger partial charge in [0.1, 0.15) is 0 Å². The highest BCUT2D eigenvalue weighted by atomic mass is 35.5. The minimum absolute atomic E-state index is 0.0245. The molecule has 0 unspecified atom stereocenters. The van der Waals surface area contributed by atoms with E-state index >= 15 is 0 Å². The van der Waals surface area contributed by atoms with Crippen LogP contribution in [0.15, 0.2) is 18.2 Å². The molecule has 12 heavy (non-hydrogen) atoms. The van der Waals surface area contributed by atoms with E-state index in [-0.39, 0.29) is 5.78 Å². The zero-order chi connectivity index (χ0) is 9.14. The SMILES string of the molecule is CC(=O)c1ccc(CN)cc1Cl. The molecule has 1 rings (SSSR count). The fourth-order valence-corrected chi connectivity index (χ4v) is 1.31. The first-order valence-electron chi connectivity index (χ1n) is 3.64. The van der Waals surface area contributed by atoms with E-state index in [0.29, 0.717) is 17.1 Å². The van der Waals surface area contributed by atoms with Gasteiger partial charge in [0, 0.05) is 12.1 Å². The standard InChI is InChI=1S/C9H10ClNO/c1-6(12)8-3-2-7(5-11)4-9(8)10/h2-4H,5,11H2,1H3. The van der Waals surface area contributed by atoms with Crippen LogP contribution in [0.25, 0.3) is 0 Å². The highest BCUT2D eigenvalue weighted by molar-refractivity contribution is 6.33. The molecule has 0 aliphatic rings. The van der Waals surface area contributed by atoms with Crippen molar-refractivity contribution in [3.8, 4) is 0 Å². The number of hydrogen-bond donors (Lipinski definition) is 1. The van der Waals surface area contributed by atoms with E-state index < -0.39 is 0 Å². The first kappa shape index (κ1) is 9.23. The van der Waals surface area contributed by atoms with E-state index in [1.807, 2.05) is 6.07 Å². The predicted molar refractivity (Wildman–Crippen MR) is 49.3 cm³/mol. The van der Waals surface area contributed by atoms with Crippen LogP contribution >= 0.6 is 11.6 Å². The van der Waals surface area contributed by atoms with Gasteiger partial charge in [-0.1, -0.05) is 17.7 Å². The zero-order valence-corrected chi connectivity index (χ0v) is 7.56. The summed E-state index contributed by atoms with van der Waals surface area (Å²) in [7, 11) is 0. The zero-order valence-electron chi connectivity index (χ0n) is 6.80. The average molecular weight is 184 g/mol. The third-order valence-corrected chi connectivity index (χ3v) is 1.96. The number of Topliss-reactive ketones (excluding diaryl/α,β-unsaturated/α-hetero) is 1. The van der Waals surface area contributed by atoms with Gasteiger partial charge in [0.2, 0.25) is 0 Å². The van der Waals surface area contributed by atoms with Gasteiger partial charge in [-0.05, 0) is 24.6 Å². The average Bonchev–Trinajstić information content (AvgIpc) is 2.03. The molecule has 1 aromatic rings. The van der Waals surface area contributed by atoms with Crippen LogP contribution in [0, 0.1) is 0 Å². The number of carbonyl (C=O) groups is 1. The van der Waals surface area contributed by atoms with Crippen LogP contribution in [-0.4, -0.2) is 5.78 Å². The summed E-state index contributed by atoms with van der Waals surface area (Å²) >= 11 is 5.83. The summed E-state index contributed by atoms with van der Waals surface area (Å²) in [5.41, 5.74) is 6.89. The Kier molecular flexibility index (Phi) is 2.84. The molecule has 64 valence electrons. The molecule has 2 N–H and O–H groups in total. The van der Waals surface area contributed by atoms with Crippen molar-refractivity contribution in [1.29, 1.82) is 0 Å². The third kappa shape index (κ3) is 1.84. The van der Waals surface area contributed by atoms with E-state index in [9.17, 15) is 4.79 Å². The number of hydrogen-bond acceptors (Lipinski definition) is 2. The van der Waals surface area contributed by atoms with Crippen LogP contribution in [0.1, 0.15) is 22.8 Å². The van der Waals surface area contributed by atoms with Crippen molar-refractivity contribution < 1.29 is 4.79 Å². The van der Waals surface area contributed by atoms with Gasteiger partial charge in [0.15, 0.2) is 5.78 Å². The van der Waals surface area contributed by atoms with Crippen molar-refractivity contribution in [2.45, 2.75) is 13.5 Å². The van der Waals surface area contributed by atoms with Crippen LogP contribution in [0.2, 0.25) is 5.02 Å². The van der Waals surface area contributed by atoms with Gasteiger partial charge in [-0.3, -0.25) is 4.79 Å². The molecule has 1 aromatic carbocycles. The maximum absolute atomic E-state index is 11.0. The maximum Gasteiger partial charge on any atom is 0.161 e. The first-order valence-corrected chi connectivity index (χ1v) is 4.02. The second-order valence-corrected chi connectivity index (χ2v) is 2.98. The molecule has 0 heterocycles. The fourth-order valence-electron chi connectivity index (χ4n) is 0.971. The Morgan fingerprint density at radius 2 is 2.25 bits per heavy atom. The molecule has 0 atom stereocenters. The lowest BCUT2D eigenvalue weighted by Crippen LogP contribution is -1.99. The number of nitrogens with two attached hydrogens (primary N) is 1. The molecule has 0 aliphatic carbocycles. The summed E-state index contributed by atoms with van der Waals surface area (Å²) in [6.45, 7) is 1.93. The smallest absolute Gasteiger partial charge is 0.161 e. The summed E-state index contributed by atoms with van der Waals surface area (Å²) in [5, 5.41) is 0.477. The summed E-state index contributed by atoms with van der Waals surface area (Å²) in [4.78, 5) is 11.0. The molecule has 0 amide bonds. The summed E-state index contributed by atoms with van der Waals surface area (Å²) < 4.78 is 0. The van der Waals surface area contributed by atoms with Crippen molar-refractivity contribution in [2.24, 2.45) is 5.73 Å². The number of benzene rings is 1. The van der Waals surface area contributed by atoms with Crippen LogP contribution < -0.4 is 5.73 Å². The Bertz CT molecular complexity index is 309. The van der Waals surface area contributed by atoms with Crippen LogP contribution in [-0.2, 0) is 6.54 Å². The fraction of sp³-hybridized carbons (Fsp3) is 0.222. The minimum Gasteiger partial charge on any atom is -0.326 e. The Balaban J connectivity index is 3.12. The van der Waals surface area contributed by atoms with E-state index in [2.05, 4.69) is 0 Å². The van der Waals surface area contributed by atoms with Gasteiger partial charge in [-0.25, -0.2) is 0 Å². The molecule has 0 saturated carbocycles. The number of rotatable bonds is 2. The van der Waals surface area contributed by atoms with Crippen molar-refractivity contribution in [3.63, 3.8) is 0 Å². The van der Waals surface area contributed by atoms with E-state index in [1.165, 1.54) is 6.92 Å². The molecule has 0 spiro atoms. The van der Waals surface area contributed by atoms with Crippen LogP contribution in [0.5, 0.6) is 0 Å². The van der Waals surface area contributed by atoms with Gasteiger partial charge in [-0.15, -0.1) is 0 Å². The molecule has 0 aromatic heterocycles. The Morgan fingerprint density at radius 1 is 1.58 bits per heavy atom. The molecule has 0 saturated heterocycles. The van der Waals surface area contributed by atoms with Gasteiger partial charge >= 0.3 is 0 Å². The second kappa shape index (κ2) is 3.70. The van der Waals surface area contributed by atoms with Crippen molar-refractivity contribution in [3.05, 3.63) is 34.3 Å². The molecular formula is C9H10ClNO. The van der Waals surface area contributed by atoms with Gasteiger partial charge < -0.3 is 5.73 Å². The van der Waals surface area contributed by atoms with E-state index in [4.69, 9.17) is 17.3 Å². The molecule has 3 heteroatoms. The number of ketones is 1. The summed E-state index contributed by atoms with van der Waals surface area (Å²) in [6.07, 6.45) is 0. The molecule has 0 bridgehead atoms. The first-order chi connectivity index (χ1) is 5.65. The maximum atomic E-state index is 11.0. The molecular weight excluding hydrogens is 174 g/mol. The predicted octanol–water partition coefficient (Wildman–Crippen LogP) is 2.00. The quantitative estimate of drug-likeness (QED) is 0.713. The third-order valence-electron chi connectivity index (χ3n) is 1.65. The lowest BCUT2D eigenvalue weighted by Gasteiger charge is -2.01. The highest BCUT2D eigenvalue weighted by Crippen LogP contribution is 2.17. The van der Waals surface area contributed by atoms with Gasteiger partial charge in [-0.2, -0.15) is 0 Å². The van der Waals surface area contributed by atoms with Crippen molar-refractivity contribution in [1.82, 2.24) is 0 Å².